The maximum Gasteiger partial charge on any atom is 0.374 e. The molecule has 0 radical (unpaired) electrons. The number of rotatable bonds is 6. The smallest absolute Gasteiger partial charge is 0.374 e. The topological polar surface area (TPSA) is 83.6 Å². The van der Waals surface area contributed by atoms with Crippen molar-refractivity contribution < 1.29 is 23.5 Å². The molecule has 0 aliphatic rings. The van der Waals surface area contributed by atoms with Crippen molar-refractivity contribution in [2.45, 2.75) is 33.4 Å². The van der Waals surface area contributed by atoms with E-state index in [0.29, 0.717) is 12.1 Å². The Morgan fingerprint density at radius 2 is 2.14 bits per heavy atom. The molecule has 0 saturated carbocycles. The molecule has 0 atom stereocenters. The highest BCUT2D eigenvalue weighted by molar-refractivity contribution is 5.87. The normalized spacial score (nSPS) is 10.5. The van der Waals surface area contributed by atoms with E-state index < -0.39 is 5.97 Å². The SMILES string of the molecule is COC(=O)c1occc1COC(=O)CCn1nc(C)cc1C. The first-order valence-corrected chi connectivity index (χ1v) is 6.82. The van der Waals surface area contributed by atoms with Crippen molar-refractivity contribution in [3.63, 3.8) is 0 Å². The maximum atomic E-state index is 11.8. The first kappa shape index (κ1) is 15.8. The molecule has 0 aliphatic carbocycles. The molecular formula is C15H18N2O5. The summed E-state index contributed by atoms with van der Waals surface area (Å²) in [6, 6.07) is 3.51. The highest BCUT2D eigenvalue weighted by atomic mass is 16.5. The number of carbonyl (C=O) groups excluding carboxylic acids is 2. The molecule has 2 rings (SSSR count). The van der Waals surface area contributed by atoms with Gasteiger partial charge in [-0.3, -0.25) is 9.48 Å². The molecule has 0 unspecified atom stereocenters. The highest BCUT2D eigenvalue weighted by Gasteiger charge is 2.17. The fourth-order valence-corrected chi connectivity index (χ4v) is 2.05. The summed E-state index contributed by atoms with van der Waals surface area (Å²) in [7, 11) is 1.26. The lowest BCUT2D eigenvalue weighted by atomic mass is 10.2. The van der Waals surface area contributed by atoms with E-state index in [1.165, 1.54) is 13.4 Å². The number of methoxy groups -OCH3 is 1. The predicted molar refractivity (Wildman–Crippen MR) is 76.2 cm³/mol. The minimum atomic E-state index is -0.598. The predicted octanol–water partition coefficient (Wildman–Crippen LogP) is 2.01. The van der Waals surface area contributed by atoms with Gasteiger partial charge in [-0.1, -0.05) is 0 Å². The Morgan fingerprint density at radius 1 is 1.36 bits per heavy atom. The Kier molecular flexibility index (Phi) is 4.98. The van der Waals surface area contributed by atoms with Crippen LogP contribution in [0.25, 0.3) is 0 Å². The van der Waals surface area contributed by atoms with Crippen LogP contribution in [0.5, 0.6) is 0 Å². The van der Waals surface area contributed by atoms with Gasteiger partial charge >= 0.3 is 11.9 Å². The standard InChI is InChI=1S/C15H18N2O5/c1-10-8-11(2)17(16-10)6-4-13(18)22-9-12-5-7-21-14(12)15(19)20-3/h5,7-8H,4,6,9H2,1-3H3. The molecule has 7 nitrogen and oxygen atoms in total. The lowest BCUT2D eigenvalue weighted by molar-refractivity contribution is -0.145. The van der Waals surface area contributed by atoms with Crippen molar-refractivity contribution in [2.24, 2.45) is 0 Å². The number of aryl methyl sites for hydroxylation is 3. The second-order valence-corrected chi connectivity index (χ2v) is 4.83. The number of carbonyl (C=O) groups is 2. The molecule has 2 aromatic heterocycles. The van der Waals surface area contributed by atoms with Crippen molar-refractivity contribution in [3.05, 3.63) is 41.1 Å². The van der Waals surface area contributed by atoms with Crippen LogP contribution in [0.4, 0.5) is 0 Å². The lowest BCUT2D eigenvalue weighted by Gasteiger charge is -2.06. The summed E-state index contributed by atoms with van der Waals surface area (Å²) in [4.78, 5) is 23.2. The van der Waals surface area contributed by atoms with E-state index in [4.69, 9.17) is 9.15 Å². The van der Waals surface area contributed by atoms with Crippen molar-refractivity contribution in [3.8, 4) is 0 Å². The lowest BCUT2D eigenvalue weighted by Crippen LogP contribution is -2.12. The number of nitrogens with zero attached hydrogens (tertiary/aromatic N) is 2. The third kappa shape index (κ3) is 3.75. The highest BCUT2D eigenvalue weighted by Crippen LogP contribution is 2.13. The van der Waals surface area contributed by atoms with E-state index in [9.17, 15) is 9.59 Å². The minimum Gasteiger partial charge on any atom is -0.463 e. The van der Waals surface area contributed by atoms with Gasteiger partial charge in [0.1, 0.15) is 6.61 Å². The van der Waals surface area contributed by atoms with Crippen molar-refractivity contribution in [1.82, 2.24) is 9.78 Å². The van der Waals surface area contributed by atoms with Crippen LogP contribution in [0.15, 0.2) is 22.8 Å². The molecule has 0 spiro atoms. The summed E-state index contributed by atoms with van der Waals surface area (Å²) in [5.74, 6) is -0.919. The number of hydrogen-bond donors (Lipinski definition) is 0. The van der Waals surface area contributed by atoms with Gasteiger partial charge in [0, 0.05) is 11.3 Å². The zero-order valence-corrected chi connectivity index (χ0v) is 12.8. The van der Waals surface area contributed by atoms with Gasteiger partial charge in [0.05, 0.1) is 32.0 Å². The summed E-state index contributed by atoms with van der Waals surface area (Å²) < 4.78 is 16.5. The Morgan fingerprint density at radius 3 is 2.77 bits per heavy atom. The van der Waals surface area contributed by atoms with Crippen LogP contribution in [0.2, 0.25) is 0 Å². The van der Waals surface area contributed by atoms with Gasteiger partial charge < -0.3 is 13.9 Å². The van der Waals surface area contributed by atoms with E-state index >= 15 is 0 Å². The maximum absolute atomic E-state index is 11.8. The van der Waals surface area contributed by atoms with Crippen LogP contribution in [-0.4, -0.2) is 28.8 Å². The molecule has 0 aliphatic heterocycles. The summed E-state index contributed by atoms with van der Waals surface area (Å²) >= 11 is 0. The zero-order chi connectivity index (χ0) is 16.1. The Bertz CT molecular complexity index is 671. The van der Waals surface area contributed by atoms with Gasteiger partial charge in [0.25, 0.3) is 0 Å². The number of hydrogen-bond acceptors (Lipinski definition) is 6. The second-order valence-electron chi connectivity index (χ2n) is 4.83. The summed E-state index contributed by atoms with van der Waals surface area (Å²) in [5.41, 5.74) is 2.38. The van der Waals surface area contributed by atoms with Gasteiger partial charge in [-0.2, -0.15) is 5.10 Å². The van der Waals surface area contributed by atoms with Gasteiger partial charge in [-0.05, 0) is 26.0 Å². The van der Waals surface area contributed by atoms with Crippen LogP contribution in [-0.2, 0) is 27.4 Å². The van der Waals surface area contributed by atoms with Gasteiger partial charge in [0.15, 0.2) is 0 Å². The molecule has 2 aromatic rings. The Hall–Kier alpha value is -2.57. The van der Waals surface area contributed by atoms with Gasteiger partial charge in [-0.25, -0.2) is 4.79 Å². The molecule has 118 valence electrons. The van der Waals surface area contributed by atoms with Crippen molar-refractivity contribution in [2.75, 3.05) is 7.11 Å². The largest absolute Gasteiger partial charge is 0.463 e. The van der Waals surface area contributed by atoms with Crippen molar-refractivity contribution >= 4 is 11.9 Å². The van der Waals surface area contributed by atoms with E-state index in [-0.39, 0.29) is 24.8 Å². The van der Waals surface area contributed by atoms with Crippen molar-refractivity contribution in [1.29, 1.82) is 0 Å². The summed E-state index contributed by atoms with van der Waals surface area (Å²) in [6.07, 6.45) is 1.55. The third-order valence-electron chi connectivity index (χ3n) is 3.14. The minimum absolute atomic E-state index is 0.0309. The molecule has 0 amide bonds. The van der Waals surface area contributed by atoms with Crippen LogP contribution in [0.1, 0.15) is 33.9 Å². The molecule has 0 saturated heterocycles. The second kappa shape index (κ2) is 6.93. The molecule has 0 N–H and O–H groups in total. The first-order chi connectivity index (χ1) is 10.5. The van der Waals surface area contributed by atoms with E-state index in [0.717, 1.165) is 11.4 Å². The molecule has 22 heavy (non-hydrogen) atoms. The van der Waals surface area contributed by atoms with Crippen LogP contribution >= 0.6 is 0 Å². The van der Waals surface area contributed by atoms with E-state index in [1.54, 1.807) is 10.7 Å². The summed E-state index contributed by atoms with van der Waals surface area (Å²) in [5, 5.41) is 4.27. The molecule has 2 heterocycles. The molecule has 0 fully saturated rings. The fraction of sp³-hybridized carbons (Fsp3) is 0.400. The zero-order valence-electron chi connectivity index (χ0n) is 12.8. The van der Waals surface area contributed by atoms with E-state index in [2.05, 4.69) is 9.84 Å². The average Bonchev–Trinajstić information content (AvgIpc) is 3.08. The first-order valence-electron chi connectivity index (χ1n) is 6.82. The Balaban J connectivity index is 1.84. The number of furan rings is 1. The number of aromatic nitrogens is 2. The molecular weight excluding hydrogens is 288 g/mol. The summed E-state index contributed by atoms with van der Waals surface area (Å²) in [6.45, 7) is 4.25. The molecule has 7 heteroatoms. The van der Waals surface area contributed by atoms with E-state index in [1.807, 2.05) is 19.9 Å². The molecule has 0 aromatic carbocycles. The molecule has 0 bridgehead atoms. The van der Waals surface area contributed by atoms with Crippen LogP contribution in [0.3, 0.4) is 0 Å². The van der Waals surface area contributed by atoms with Gasteiger partial charge in [0.2, 0.25) is 5.76 Å². The number of esters is 2. The quantitative estimate of drug-likeness (QED) is 0.759. The fourth-order valence-electron chi connectivity index (χ4n) is 2.05. The Labute approximate surface area is 127 Å². The number of ether oxygens (including phenoxy) is 2. The van der Waals surface area contributed by atoms with Crippen LogP contribution < -0.4 is 0 Å². The monoisotopic (exact) mass is 306 g/mol. The third-order valence-corrected chi connectivity index (χ3v) is 3.14. The van der Waals surface area contributed by atoms with Crippen LogP contribution in [0, 0.1) is 13.8 Å². The average molecular weight is 306 g/mol. The van der Waals surface area contributed by atoms with Gasteiger partial charge in [-0.15, -0.1) is 0 Å².